The molecule has 44 heavy (non-hydrogen) atoms. The Labute approximate surface area is 328 Å². The maximum atomic E-state index is 12.5. The summed E-state index contributed by atoms with van der Waals surface area (Å²) in [5.74, 6) is 0.962. The van der Waals surface area contributed by atoms with Crippen molar-refractivity contribution in [3.05, 3.63) is 118 Å². The molecule has 4 aromatic carbocycles. The molecule has 0 aliphatic rings. The van der Waals surface area contributed by atoms with Crippen LogP contribution in [-0.4, -0.2) is 22.5 Å². The smallest absolute Gasteiger partial charge is 1.00 e. The van der Waals surface area contributed by atoms with E-state index in [-0.39, 0.29) is 83.5 Å². The summed E-state index contributed by atoms with van der Waals surface area (Å²) in [6.45, 7) is 0. The van der Waals surface area contributed by atoms with Crippen LogP contribution in [-0.2, 0) is 36.6 Å². The molecule has 0 aliphatic carbocycles. The average Bonchev–Trinajstić information content (AvgIpc) is 3.38. The number of aryl methyl sites for hydroxylation is 2. The van der Waals surface area contributed by atoms with Crippen LogP contribution in [0, 0.1) is 10.8 Å². The standard InChI is InChI=1S/C15H14ClN3OS.C15H14ClN3S.2ClH.K.H/c1-18-13-4-2-3-5-14(13)19(15(18)17)10-21(20)12-8-6-11(16)7-9-12;1-18-13-4-2-3-5-14(13)19(15(18)17)10-20-12-8-6-11(16)7-9-12;;;;/h2-9,17H,10H2,1H3;2-9,17H,10H2,1H3;2*1H;;/q;;;;+1;-1. The molecule has 0 bridgehead atoms. The van der Waals surface area contributed by atoms with Gasteiger partial charge in [-0.15, -0.1) is 36.6 Å². The fourth-order valence-electron chi connectivity index (χ4n) is 4.48. The number of benzene rings is 4. The van der Waals surface area contributed by atoms with Crippen molar-refractivity contribution in [2.24, 2.45) is 14.1 Å². The van der Waals surface area contributed by atoms with E-state index in [0.29, 0.717) is 27.0 Å². The Morgan fingerprint density at radius 2 is 1.09 bits per heavy atom. The average molecular weight is 737 g/mol. The summed E-state index contributed by atoms with van der Waals surface area (Å²) >= 11 is 13.4. The SMILES string of the molecule is Cl.Cl.Cn1c(=N)n(CS(=O)c2ccc(Cl)cc2)c2ccccc21.Cn1c(=N)n(CSc2ccc(Cl)cc2)c2ccccc21.[H-].[K+]. The molecule has 14 heteroatoms. The topological polar surface area (TPSA) is 84.5 Å². The molecule has 0 aliphatic heterocycles. The van der Waals surface area contributed by atoms with Gasteiger partial charge in [-0.1, -0.05) is 47.5 Å². The van der Waals surface area contributed by atoms with Crippen molar-refractivity contribution in [2.45, 2.75) is 21.5 Å². The van der Waals surface area contributed by atoms with Crippen LogP contribution in [0.4, 0.5) is 0 Å². The second kappa shape index (κ2) is 17.6. The van der Waals surface area contributed by atoms with Crippen molar-refractivity contribution in [3.63, 3.8) is 0 Å². The Hall–Kier alpha value is -1.28. The fourth-order valence-corrected chi connectivity index (χ4v) is 6.68. The molecule has 228 valence electrons. The summed E-state index contributed by atoms with van der Waals surface area (Å²) < 4.78 is 19.9. The first-order valence-corrected chi connectivity index (χ1v) is 15.7. The summed E-state index contributed by atoms with van der Waals surface area (Å²) in [5.41, 5.74) is 4.87. The van der Waals surface area contributed by atoms with Crippen LogP contribution in [0.2, 0.25) is 10.0 Å². The van der Waals surface area contributed by atoms with Crippen LogP contribution in [0.1, 0.15) is 1.43 Å². The first-order chi connectivity index (χ1) is 19.7. The molecule has 2 aromatic heterocycles. The quantitative estimate of drug-likeness (QED) is 0.192. The monoisotopic (exact) mass is 734 g/mol. The molecular weight excluding hydrogens is 705 g/mol. The van der Waals surface area contributed by atoms with Crippen molar-refractivity contribution in [3.8, 4) is 0 Å². The molecule has 0 fully saturated rings. The second-order valence-corrected chi connectivity index (χ2v) is 12.6. The van der Waals surface area contributed by atoms with Crippen LogP contribution < -0.4 is 62.6 Å². The Kier molecular flexibility index (Phi) is 15.5. The third-order valence-electron chi connectivity index (χ3n) is 6.71. The number of nitrogens with one attached hydrogen (secondary N) is 2. The number of nitrogens with zero attached hydrogens (tertiary/aromatic N) is 4. The van der Waals surface area contributed by atoms with Crippen molar-refractivity contribution in [2.75, 3.05) is 0 Å². The third-order valence-corrected chi connectivity index (χ3v) is 9.50. The maximum Gasteiger partial charge on any atom is 1.00 e. The van der Waals surface area contributed by atoms with E-state index in [4.69, 9.17) is 34.0 Å². The number of halogens is 4. The predicted molar refractivity (Wildman–Crippen MR) is 184 cm³/mol. The number of aromatic nitrogens is 4. The van der Waals surface area contributed by atoms with Crippen molar-refractivity contribution in [1.82, 2.24) is 18.3 Å². The van der Waals surface area contributed by atoms with E-state index in [9.17, 15) is 4.21 Å². The molecule has 7 nitrogen and oxygen atoms in total. The summed E-state index contributed by atoms with van der Waals surface area (Å²) in [6, 6.07) is 30.6. The normalized spacial score (nSPS) is 11.1. The number of fused-ring (bicyclic) bond motifs is 2. The molecule has 6 rings (SSSR count). The number of hydrogen-bond donors (Lipinski definition) is 2. The molecule has 0 saturated carbocycles. The minimum absolute atomic E-state index is 0. The first kappa shape index (κ1) is 38.9. The van der Waals surface area contributed by atoms with Crippen LogP contribution in [0.25, 0.3) is 22.1 Å². The number of imidazole rings is 2. The van der Waals surface area contributed by atoms with Crippen molar-refractivity contribution in [1.29, 1.82) is 10.8 Å². The molecule has 6 aromatic rings. The molecule has 0 saturated heterocycles. The van der Waals surface area contributed by atoms with Gasteiger partial charge in [0.05, 0.1) is 38.7 Å². The van der Waals surface area contributed by atoms with E-state index in [0.717, 1.165) is 32.0 Å². The van der Waals surface area contributed by atoms with Gasteiger partial charge in [-0.3, -0.25) is 19.6 Å². The summed E-state index contributed by atoms with van der Waals surface area (Å²) in [6.07, 6.45) is 0. The van der Waals surface area contributed by atoms with Gasteiger partial charge in [0, 0.05) is 33.9 Å². The largest absolute Gasteiger partial charge is 1.00 e. The van der Waals surface area contributed by atoms with Crippen LogP contribution in [0.5, 0.6) is 0 Å². The van der Waals surface area contributed by atoms with Gasteiger partial charge in [0.15, 0.2) is 0 Å². The third kappa shape index (κ3) is 8.74. The van der Waals surface area contributed by atoms with Crippen LogP contribution >= 0.6 is 59.8 Å². The van der Waals surface area contributed by atoms with Gasteiger partial charge in [-0.25, -0.2) is 0 Å². The van der Waals surface area contributed by atoms with Gasteiger partial charge in [0.1, 0.15) is 5.88 Å². The zero-order valence-electron chi connectivity index (χ0n) is 25.2. The molecule has 0 amide bonds. The maximum absolute atomic E-state index is 12.5. The van der Waals surface area contributed by atoms with E-state index in [1.165, 1.54) is 0 Å². The Morgan fingerprint density at radius 1 is 0.682 bits per heavy atom. The van der Waals surface area contributed by atoms with E-state index >= 15 is 0 Å². The van der Waals surface area contributed by atoms with Gasteiger partial charge in [-0.2, -0.15) is 0 Å². The van der Waals surface area contributed by atoms with Gasteiger partial charge in [-0.05, 0) is 72.8 Å². The summed E-state index contributed by atoms with van der Waals surface area (Å²) in [5, 5.41) is 17.8. The zero-order chi connectivity index (χ0) is 29.1. The number of para-hydroxylation sites is 4. The number of thioether (sulfide) groups is 1. The molecule has 0 radical (unpaired) electrons. The van der Waals surface area contributed by atoms with E-state index in [2.05, 4.69) is 6.07 Å². The molecular formula is C30H31Cl4KN6OS2. The minimum Gasteiger partial charge on any atom is -1.00 e. The van der Waals surface area contributed by atoms with E-state index < -0.39 is 10.8 Å². The van der Waals surface area contributed by atoms with Crippen LogP contribution in [0.15, 0.2) is 107 Å². The molecule has 1 unspecified atom stereocenters. The van der Waals surface area contributed by atoms with E-state index in [1.807, 2.05) is 90.0 Å². The van der Waals surface area contributed by atoms with Crippen molar-refractivity contribution < 1.29 is 57.0 Å². The van der Waals surface area contributed by atoms with Gasteiger partial charge in [0.2, 0.25) is 11.2 Å². The number of hydrogen-bond acceptors (Lipinski definition) is 4. The zero-order valence-corrected chi connectivity index (χ0v) is 32.1. The predicted octanol–water partition coefficient (Wildman–Crippen LogP) is 4.70. The first-order valence-electron chi connectivity index (χ1n) is 12.6. The van der Waals surface area contributed by atoms with Gasteiger partial charge in [0.25, 0.3) is 0 Å². The Balaban J connectivity index is 0.000000414. The van der Waals surface area contributed by atoms with Gasteiger partial charge < -0.3 is 15.1 Å². The molecule has 1 atom stereocenters. The second-order valence-electron chi connectivity index (χ2n) is 9.25. The van der Waals surface area contributed by atoms with E-state index in [1.54, 1.807) is 45.2 Å². The van der Waals surface area contributed by atoms with Crippen LogP contribution in [0.3, 0.4) is 0 Å². The molecule has 2 N–H and O–H groups in total. The minimum atomic E-state index is -1.22. The Morgan fingerprint density at radius 3 is 1.59 bits per heavy atom. The summed E-state index contributed by atoms with van der Waals surface area (Å²) in [4.78, 5) is 1.86. The van der Waals surface area contributed by atoms with Crippen molar-refractivity contribution >= 4 is 92.6 Å². The number of rotatable bonds is 6. The fraction of sp³-hybridized carbons (Fsp3) is 0.133. The Bertz CT molecular complexity index is 1990. The molecule has 2 heterocycles. The van der Waals surface area contributed by atoms with Gasteiger partial charge >= 0.3 is 51.4 Å². The summed E-state index contributed by atoms with van der Waals surface area (Å²) in [7, 11) is 2.54. The molecule has 0 spiro atoms.